The molecule has 1 aromatic heterocycles. The van der Waals surface area contributed by atoms with E-state index in [0.29, 0.717) is 17.8 Å². The Kier molecular flexibility index (Phi) is 5.99. The van der Waals surface area contributed by atoms with Gasteiger partial charge in [0.15, 0.2) is 0 Å². The third-order valence-corrected chi connectivity index (χ3v) is 6.04. The predicted molar refractivity (Wildman–Crippen MR) is 119 cm³/mol. The van der Waals surface area contributed by atoms with E-state index in [9.17, 15) is 9.59 Å². The van der Waals surface area contributed by atoms with Gasteiger partial charge in [-0.25, -0.2) is 4.79 Å². The quantitative estimate of drug-likeness (QED) is 0.595. The number of hydrogen-bond acceptors (Lipinski definition) is 4. The molecule has 0 radical (unpaired) electrons. The van der Waals surface area contributed by atoms with Crippen LogP contribution >= 0.6 is 11.8 Å². The summed E-state index contributed by atoms with van der Waals surface area (Å²) in [5.41, 5.74) is 3.30. The SMILES string of the molecule is CN1C(=O)c2ccccc2Sc2ccc(NC(=O)NCCCc3ccncc3)cc21. The minimum Gasteiger partial charge on any atom is -0.338 e. The molecule has 0 bridgehead atoms. The van der Waals surface area contributed by atoms with Crippen molar-refractivity contribution in [2.45, 2.75) is 22.6 Å². The van der Waals surface area contributed by atoms with E-state index in [-0.39, 0.29) is 11.9 Å². The number of amides is 3. The maximum atomic E-state index is 12.8. The number of benzene rings is 2. The molecular formula is C23H22N4O2S. The maximum Gasteiger partial charge on any atom is 0.319 e. The van der Waals surface area contributed by atoms with Crippen LogP contribution in [-0.4, -0.2) is 30.5 Å². The van der Waals surface area contributed by atoms with Gasteiger partial charge in [-0.1, -0.05) is 23.9 Å². The normalized spacial score (nSPS) is 12.6. The molecule has 0 atom stereocenters. The number of carbonyl (C=O) groups excluding carboxylic acids is 2. The first-order valence-electron chi connectivity index (χ1n) is 9.74. The monoisotopic (exact) mass is 418 g/mol. The van der Waals surface area contributed by atoms with Gasteiger partial charge in [-0.3, -0.25) is 9.78 Å². The number of carbonyl (C=O) groups is 2. The second-order valence-corrected chi connectivity index (χ2v) is 8.07. The van der Waals surface area contributed by atoms with Crippen LogP contribution in [0.25, 0.3) is 0 Å². The molecule has 6 nitrogen and oxygen atoms in total. The molecule has 1 aliphatic heterocycles. The molecule has 30 heavy (non-hydrogen) atoms. The third kappa shape index (κ3) is 4.46. The zero-order valence-corrected chi connectivity index (χ0v) is 17.4. The van der Waals surface area contributed by atoms with E-state index < -0.39 is 0 Å². The van der Waals surface area contributed by atoms with Crippen molar-refractivity contribution in [3.63, 3.8) is 0 Å². The molecule has 0 unspecified atom stereocenters. The molecule has 2 heterocycles. The van der Waals surface area contributed by atoms with Crippen LogP contribution in [0.1, 0.15) is 22.3 Å². The van der Waals surface area contributed by atoms with Gasteiger partial charge >= 0.3 is 6.03 Å². The lowest BCUT2D eigenvalue weighted by atomic mass is 10.1. The van der Waals surface area contributed by atoms with Crippen LogP contribution < -0.4 is 15.5 Å². The number of rotatable bonds is 5. The van der Waals surface area contributed by atoms with Gasteiger partial charge < -0.3 is 15.5 Å². The lowest BCUT2D eigenvalue weighted by Crippen LogP contribution is -2.30. The molecule has 0 saturated heterocycles. The Morgan fingerprint density at radius 3 is 2.70 bits per heavy atom. The number of urea groups is 1. The second kappa shape index (κ2) is 9.00. The Bertz CT molecular complexity index is 1070. The molecule has 0 aliphatic carbocycles. The Balaban J connectivity index is 1.38. The highest BCUT2D eigenvalue weighted by Crippen LogP contribution is 2.41. The van der Waals surface area contributed by atoms with E-state index in [1.54, 1.807) is 36.1 Å². The first-order valence-corrected chi connectivity index (χ1v) is 10.6. The molecule has 152 valence electrons. The Hall–Kier alpha value is -3.32. The van der Waals surface area contributed by atoms with Gasteiger partial charge in [0.25, 0.3) is 5.91 Å². The molecule has 3 aromatic rings. The first-order chi connectivity index (χ1) is 14.6. The molecular weight excluding hydrogens is 396 g/mol. The highest BCUT2D eigenvalue weighted by molar-refractivity contribution is 7.99. The standard InChI is InChI=1S/C23H22N4O2S/c1-27-19-15-17(26-23(29)25-12-4-5-16-10-13-24-14-11-16)8-9-21(19)30-20-7-3-2-6-18(20)22(27)28/h2-3,6-11,13-15H,4-5,12H2,1H3,(H2,25,26,29). The van der Waals surface area contributed by atoms with Crippen LogP contribution in [-0.2, 0) is 6.42 Å². The number of aromatic nitrogens is 1. The summed E-state index contributed by atoms with van der Waals surface area (Å²) in [4.78, 5) is 32.6. The van der Waals surface area contributed by atoms with Gasteiger partial charge in [0.1, 0.15) is 0 Å². The van der Waals surface area contributed by atoms with E-state index in [1.165, 1.54) is 5.56 Å². The fourth-order valence-electron chi connectivity index (χ4n) is 3.30. The number of nitrogens with one attached hydrogen (secondary N) is 2. The summed E-state index contributed by atoms with van der Waals surface area (Å²) in [6, 6.07) is 16.9. The van der Waals surface area contributed by atoms with Crippen LogP contribution in [0.2, 0.25) is 0 Å². The molecule has 7 heteroatoms. The Morgan fingerprint density at radius 2 is 1.87 bits per heavy atom. The van der Waals surface area contributed by atoms with Crippen molar-refractivity contribution in [2.75, 3.05) is 23.8 Å². The maximum absolute atomic E-state index is 12.8. The molecule has 1 aliphatic rings. The van der Waals surface area contributed by atoms with Crippen molar-refractivity contribution in [1.82, 2.24) is 10.3 Å². The zero-order valence-electron chi connectivity index (χ0n) is 16.6. The lowest BCUT2D eigenvalue weighted by Gasteiger charge is -2.18. The zero-order chi connectivity index (χ0) is 20.9. The summed E-state index contributed by atoms with van der Waals surface area (Å²) in [6.45, 7) is 0.572. The predicted octanol–water partition coefficient (Wildman–Crippen LogP) is 4.58. The van der Waals surface area contributed by atoms with Crippen molar-refractivity contribution in [3.8, 4) is 0 Å². The molecule has 0 spiro atoms. The molecule has 2 aromatic carbocycles. The van der Waals surface area contributed by atoms with Crippen LogP contribution in [0.3, 0.4) is 0 Å². The molecule has 4 rings (SSSR count). The van der Waals surface area contributed by atoms with Gasteiger partial charge in [-0.15, -0.1) is 0 Å². The summed E-state index contributed by atoms with van der Waals surface area (Å²) in [7, 11) is 1.76. The number of nitrogens with zero attached hydrogens (tertiary/aromatic N) is 2. The summed E-state index contributed by atoms with van der Waals surface area (Å²) in [5.74, 6) is -0.0606. The summed E-state index contributed by atoms with van der Waals surface area (Å²) < 4.78 is 0. The van der Waals surface area contributed by atoms with E-state index in [0.717, 1.165) is 28.3 Å². The second-order valence-electron chi connectivity index (χ2n) is 6.98. The van der Waals surface area contributed by atoms with Gasteiger partial charge in [-0.2, -0.15) is 0 Å². The smallest absolute Gasteiger partial charge is 0.319 e. The highest BCUT2D eigenvalue weighted by atomic mass is 32.2. The van der Waals surface area contributed by atoms with E-state index in [4.69, 9.17) is 0 Å². The summed E-state index contributed by atoms with van der Waals surface area (Å²) >= 11 is 1.56. The number of fused-ring (bicyclic) bond motifs is 2. The van der Waals surface area contributed by atoms with Gasteiger partial charge in [-0.05, 0) is 60.9 Å². The van der Waals surface area contributed by atoms with E-state index in [2.05, 4.69) is 15.6 Å². The minimum atomic E-state index is -0.261. The number of pyridine rings is 1. The number of anilines is 2. The van der Waals surface area contributed by atoms with Gasteiger partial charge in [0.05, 0.1) is 11.3 Å². The van der Waals surface area contributed by atoms with Crippen LogP contribution in [0.4, 0.5) is 16.2 Å². The largest absolute Gasteiger partial charge is 0.338 e. The Labute approximate surface area is 179 Å². The topological polar surface area (TPSA) is 74.3 Å². The fourth-order valence-corrected chi connectivity index (χ4v) is 4.39. The van der Waals surface area contributed by atoms with Crippen LogP contribution in [0.5, 0.6) is 0 Å². The third-order valence-electron chi connectivity index (χ3n) is 4.90. The summed E-state index contributed by atoms with van der Waals surface area (Å²) in [6.07, 6.45) is 5.26. The van der Waals surface area contributed by atoms with Crippen molar-refractivity contribution >= 4 is 35.1 Å². The molecule has 3 amide bonds. The minimum absolute atomic E-state index is 0.0606. The first kappa shape index (κ1) is 20.0. The van der Waals surface area contributed by atoms with E-state index >= 15 is 0 Å². The van der Waals surface area contributed by atoms with Crippen LogP contribution in [0.15, 0.2) is 76.8 Å². The molecule has 2 N–H and O–H groups in total. The van der Waals surface area contributed by atoms with Gasteiger partial charge in [0.2, 0.25) is 0 Å². The average molecular weight is 419 g/mol. The molecule has 0 saturated carbocycles. The Morgan fingerprint density at radius 1 is 1.07 bits per heavy atom. The average Bonchev–Trinajstić information content (AvgIpc) is 2.87. The highest BCUT2D eigenvalue weighted by Gasteiger charge is 2.24. The fraction of sp³-hybridized carbons (Fsp3) is 0.174. The van der Waals surface area contributed by atoms with Crippen LogP contribution in [0, 0.1) is 0 Å². The van der Waals surface area contributed by atoms with Crippen molar-refractivity contribution in [2.24, 2.45) is 0 Å². The summed E-state index contributed by atoms with van der Waals surface area (Å²) in [5, 5.41) is 5.74. The van der Waals surface area contributed by atoms with Crippen molar-refractivity contribution in [3.05, 3.63) is 78.1 Å². The number of hydrogen-bond donors (Lipinski definition) is 2. The molecule has 0 fully saturated rings. The van der Waals surface area contributed by atoms with Crippen molar-refractivity contribution in [1.29, 1.82) is 0 Å². The van der Waals surface area contributed by atoms with Crippen molar-refractivity contribution < 1.29 is 9.59 Å². The van der Waals surface area contributed by atoms with E-state index in [1.807, 2.05) is 54.6 Å². The number of aryl methyl sites for hydroxylation is 1. The lowest BCUT2D eigenvalue weighted by molar-refractivity contribution is 0.0990. The van der Waals surface area contributed by atoms with Gasteiger partial charge in [0, 0.05) is 41.5 Å².